The normalized spacial score (nSPS) is 18.7. The third-order valence-electron chi connectivity index (χ3n) is 6.10. The Bertz CT molecular complexity index is 1140. The summed E-state index contributed by atoms with van der Waals surface area (Å²) in [5, 5.41) is 8.18. The maximum atomic E-state index is 12.8. The Morgan fingerprint density at radius 1 is 1.20 bits per heavy atom. The van der Waals surface area contributed by atoms with Gasteiger partial charge in [0, 0.05) is 29.6 Å². The molecule has 1 atom stereocenters. The van der Waals surface area contributed by atoms with Crippen molar-refractivity contribution in [2.45, 2.75) is 24.8 Å². The van der Waals surface area contributed by atoms with E-state index in [0.29, 0.717) is 37.9 Å². The highest BCUT2D eigenvalue weighted by Crippen LogP contribution is 2.40. The molecule has 2 saturated heterocycles. The number of carbonyl (C=O) groups is 2. The van der Waals surface area contributed by atoms with E-state index >= 15 is 0 Å². The SMILES string of the molecule is O=C(O)C(F)(F)F.O=C(c1cc2ccccc2[nH]1)N1CC2(C1)OCCC2COCc1ccccn1. The number of hydrogen-bond donors (Lipinski definition) is 2. The molecule has 8 nitrogen and oxygen atoms in total. The second kappa shape index (κ2) is 10.0. The number of aliphatic carboxylic acids is 1. The summed E-state index contributed by atoms with van der Waals surface area (Å²) in [5.41, 5.74) is 2.29. The molecule has 186 valence electrons. The molecule has 0 radical (unpaired) electrons. The molecule has 2 aliphatic heterocycles. The van der Waals surface area contributed by atoms with Crippen molar-refractivity contribution >= 4 is 22.8 Å². The van der Waals surface area contributed by atoms with E-state index in [0.717, 1.165) is 29.6 Å². The number of amides is 1. The minimum absolute atomic E-state index is 0.0329. The lowest BCUT2D eigenvalue weighted by atomic mass is 9.81. The number of pyridine rings is 1. The van der Waals surface area contributed by atoms with E-state index in [2.05, 4.69) is 9.97 Å². The van der Waals surface area contributed by atoms with Crippen molar-refractivity contribution < 1.29 is 37.3 Å². The van der Waals surface area contributed by atoms with Gasteiger partial charge in [0.2, 0.25) is 0 Å². The summed E-state index contributed by atoms with van der Waals surface area (Å²) < 4.78 is 43.7. The van der Waals surface area contributed by atoms with Crippen LogP contribution in [0.3, 0.4) is 0 Å². The van der Waals surface area contributed by atoms with Gasteiger partial charge in [-0.05, 0) is 30.7 Å². The molecule has 2 aliphatic rings. The zero-order chi connectivity index (χ0) is 25.1. The Labute approximate surface area is 198 Å². The molecule has 35 heavy (non-hydrogen) atoms. The van der Waals surface area contributed by atoms with Gasteiger partial charge in [-0.3, -0.25) is 9.78 Å². The first-order chi connectivity index (χ1) is 16.7. The lowest BCUT2D eigenvalue weighted by Crippen LogP contribution is -2.66. The van der Waals surface area contributed by atoms with Crippen LogP contribution >= 0.6 is 0 Å². The lowest BCUT2D eigenvalue weighted by molar-refractivity contribution is -0.192. The summed E-state index contributed by atoms with van der Waals surface area (Å²) in [5.74, 6) is -2.42. The minimum atomic E-state index is -5.08. The number of likely N-dealkylation sites (tertiary alicyclic amines) is 1. The van der Waals surface area contributed by atoms with Crippen molar-refractivity contribution in [2.75, 3.05) is 26.3 Å². The van der Waals surface area contributed by atoms with Gasteiger partial charge in [0.1, 0.15) is 11.3 Å². The molecule has 1 spiro atoms. The van der Waals surface area contributed by atoms with E-state index in [9.17, 15) is 18.0 Å². The Hall–Kier alpha value is -3.44. The first kappa shape index (κ1) is 24.7. The van der Waals surface area contributed by atoms with Crippen LogP contribution in [0.15, 0.2) is 54.7 Å². The molecule has 4 heterocycles. The quantitative estimate of drug-likeness (QED) is 0.565. The second-order valence-electron chi connectivity index (χ2n) is 8.47. The van der Waals surface area contributed by atoms with E-state index in [1.165, 1.54) is 0 Å². The van der Waals surface area contributed by atoms with Gasteiger partial charge in [-0.1, -0.05) is 24.3 Å². The van der Waals surface area contributed by atoms with Crippen molar-refractivity contribution in [1.82, 2.24) is 14.9 Å². The third kappa shape index (κ3) is 5.63. The minimum Gasteiger partial charge on any atom is -0.475 e. The zero-order valence-corrected chi connectivity index (χ0v) is 18.6. The highest BCUT2D eigenvalue weighted by Gasteiger charge is 2.54. The number of nitrogens with zero attached hydrogens (tertiary/aromatic N) is 2. The van der Waals surface area contributed by atoms with E-state index in [-0.39, 0.29) is 11.5 Å². The Kier molecular flexibility index (Phi) is 7.08. The monoisotopic (exact) mass is 491 g/mol. The maximum Gasteiger partial charge on any atom is 0.490 e. The average molecular weight is 491 g/mol. The van der Waals surface area contributed by atoms with Gasteiger partial charge >= 0.3 is 12.1 Å². The molecule has 0 aliphatic carbocycles. The number of carboxylic acid groups (broad SMARTS) is 1. The smallest absolute Gasteiger partial charge is 0.475 e. The summed E-state index contributed by atoms with van der Waals surface area (Å²) in [6, 6.07) is 15.7. The fourth-order valence-corrected chi connectivity index (χ4v) is 4.26. The van der Waals surface area contributed by atoms with Gasteiger partial charge < -0.3 is 24.5 Å². The van der Waals surface area contributed by atoms with Gasteiger partial charge in [0.25, 0.3) is 5.91 Å². The average Bonchev–Trinajstić information content (AvgIpc) is 3.43. The van der Waals surface area contributed by atoms with E-state index in [1.54, 1.807) is 6.20 Å². The van der Waals surface area contributed by atoms with Crippen LogP contribution in [0.5, 0.6) is 0 Å². The Morgan fingerprint density at radius 2 is 1.91 bits per heavy atom. The highest BCUT2D eigenvalue weighted by molar-refractivity contribution is 5.98. The van der Waals surface area contributed by atoms with Crippen molar-refractivity contribution in [1.29, 1.82) is 0 Å². The Balaban J connectivity index is 0.000000364. The van der Waals surface area contributed by atoms with Gasteiger partial charge in [0.05, 0.1) is 32.0 Å². The van der Waals surface area contributed by atoms with Crippen molar-refractivity contribution in [2.24, 2.45) is 5.92 Å². The van der Waals surface area contributed by atoms with Crippen molar-refractivity contribution in [3.8, 4) is 0 Å². The molecule has 5 rings (SSSR count). The Morgan fingerprint density at radius 3 is 2.57 bits per heavy atom. The number of aromatic nitrogens is 2. The van der Waals surface area contributed by atoms with Crippen LogP contribution in [0.25, 0.3) is 10.9 Å². The van der Waals surface area contributed by atoms with Gasteiger partial charge in [0.15, 0.2) is 0 Å². The standard InChI is InChI=1S/C22H23N3O3.C2HF3O2/c26-21(20-11-16-5-1-2-7-19(16)24-20)25-14-22(15-25)17(8-10-28-22)12-27-13-18-6-3-4-9-23-18;3-2(4,5)1(6)7/h1-7,9,11,17,24H,8,10,12-15H2;(H,6,7). The maximum absolute atomic E-state index is 12.8. The summed E-state index contributed by atoms with van der Waals surface area (Å²) in [6.45, 7) is 3.11. The number of carbonyl (C=O) groups excluding carboxylic acids is 1. The molecule has 1 unspecified atom stereocenters. The van der Waals surface area contributed by atoms with E-state index in [4.69, 9.17) is 19.4 Å². The third-order valence-corrected chi connectivity index (χ3v) is 6.10. The number of aromatic amines is 1. The van der Waals surface area contributed by atoms with Gasteiger partial charge in [-0.15, -0.1) is 0 Å². The number of benzene rings is 1. The number of carboxylic acids is 1. The van der Waals surface area contributed by atoms with Crippen molar-refractivity contribution in [3.63, 3.8) is 0 Å². The number of H-pyrrole nitrogens is 1. The second-order valence-corrected chi connectivity index (χ2v) is 8.47. The van der Waals surface area contributed by atoms with Crippen LogP contribution in [0, 0.1) is 5.92 Å². The predicted molar refractivity (Wildman–Crippen MR) is 119 cm³/mol. The largest absolute Gasteiger partial charge is 0.490 e. The van der Waals surface area contributed by atoms with Crippen LogP contribution in [0.4, 0.5) is 13.2 Å². The fraction of sp³-hybridized carbons (Fsp3) is 0.375. The molecular weight excluding hydrogens is 467 g/mol. The molecule has 11 heteroatoms. The number of nitrogens with one attached hydrogen (secondary N) is 1. The van der Waals surface area contributed by atoms with Crippen LogP contribution in [0.2, 0.25) is 0 Å². The number of rotatable bonds is 5. The number of fused-ring (bicyclic) bond motifs is 1. The van der Waals surface area contributed by atoms with Gasteiger partial charge in [-0.25, -0.2) is 4.79 Å². The lowest BCUT2D eigenvalue weighted by Gasteiger charge is -2.50. The molecule has 0 bridgehead atoms. The summed E-state index contributed by atoms with van der Waals surface area (Å²) >= 11 is 0. The number of para-hydroxylation sites is 1. The predicted octanol–water partition coefficient (Wildman–Crippen LogP) is 3.64. The number of ether oxygens (including phenoxy) is 2. The molecule has 0 saturated carbocycles. The van der Waals surface area contributed by atoms with E-state index < -0.39 is 12.1 Å². The molecule has 2 aromatic heterocycles. The number of alkyl halides is 3. The van der Waals surface area contributed by atoms with Crippen molar-refractivity contribution in [3.05, 3.63) is 66.1 Å². The fourth-order valence-electron chi connectivity index (χ4n) is 4.26. The first-order valence-corrected chi connectivity index (χ1v) is 11.0. The highest BCUT2D eigenvalue weighted by atomic mass is 19.4. The topological polar surface area (TPSA) is 105 Å². The molecule has 2 N–H and O–H groups in total. The molecule has 1 aromatic carbocycles. The summed E-state index contributed by atoms with van der Waals surface area (Å²) in [6.07, 6.45) is -2.34. The summed E-state index contributed by atoms with van der Waals surface area (Å²) in [7, 11) is 0. The van der Waals surface area contributed by atoms with Crippen LogP contribution in [-0.2, 0) is 20.9 Å². The number of halogens is 3. The number of hydrogen-bond acceptors (Lipinski definition) is 5. The van der Waals surface area contributed by atoms with E-state index in [1.807, 2.05) is 53.4 Å². The first-order valence-electron chi connectivity index (χ1n) is 11.0. The van der Waals surface area contributed by atoms with Crippen LogP contribution < -0.4 is 0 Å². The summed E-state index contributed by atoms with van der Waals surface area (Å²) in [4.78, 5) is 31.1. The molecular formula is C24H24F3N3O5. The van der Waals surface area contributed by atoms with Gasteiger partial charge in [-0.2, -0.15) is 13.2 Å². The molecule has 3 aromatic rings. The molecule has 2 fully saturated rings. The zero-order valence-electron chi connectivity index (χ0n) is 18.6. The van der Waals surface area contributed by atoms with Crippen LogP contribution in [-0.4, -0.2) is 69.9 Å². The van der Waals surface area contributed by atoms with Crippen LogP contribution in [0.1, 0.15) is 22.6 Å². The molecule has 1 amide bonds.